The molecule has 168 valence electrons. The normalized spacial score (nSPS) is 15.4. The van der Waals surface area contributed by atoms with Gasteiger partial charge >= 0.3 is 0 Å². The van der Waals surface area contributed by atoms with Crippen LogP contribution in [-0.2, 0) is 9.53 Å². The fourth-order valence-electron chi connectivity index (χ4n) is 3.55. The van der Waals surface area contributed by atoms with Crippen molar-refractivity contribution in [2.24, 2.45) is 0 Å². The maximum Gasteiger partial charge on any atom is 0.230 e. The van der Waals surface area contributed by atoms with E-state index in [1.807, 2.05) is 47.0 Å². The molecule has 1 fully saturated rings. The summed E-state index contributed by atoms with van der Waals surface area (Å²) >= 11 is 13.5. The average molecular weight is 492 g/mol. The molecule has 1 unspecified atom stereocenters. The number of amides is 1. The number of carbonyl (C=O) groups is 1. The van der Waals surface area contributed by atoms with Gasteiger partial charge < -0.3 is 10.1 Å². The predicted octanol–water partition coefficient (Wildman–Crippen LogP) is 3.86. The van der Waals surface area contributed by atoms with E-state index in [2.05, 4.69) is 20.4 Å². The molecule has 0 bridgehead atoms. The zero-order valence-electron chi connectivity index (χ0n) is 17.3. The van der Waals surface area contributed by atoms with Crippen LogP contribution in [0.5, 0.6) is 0 Å². The van der Waals surface area contributed by atoms with Crippen molar-refractivity contribution in [3.63, 3.8) is 0 Å². The first-order valence-corrected chi connectivity index (χ1v) is 12.0. The first-order valence-electron chi connectivity index (χ1n) is 10.2. The smallest absolute Gasteiger partial charge is 0.230 e. The Hall–Kier alpha value is -2.10. The highest BCUT2D eigenvalue weighted by Crippen LogP contribution is 2.24. The summed E-state index contributed by atoms with van der Waals surface area (Å²) in [7, 11) is 0. The summed E-state index contributed by atoms with van der Waals surface area (Å²) in [5.74, 6) is 0.165. The van der Waals surface area contributed by atoms with Gasteiger partial charge in [-0.3, -0.25) is 14.3 Å². The Bertz CT molecular complexity index is 1040. The lowest BCUT2D eigenvalue weighted by atomic mass is 10.0. The van der Waals surface area contributed by atoms with E-state index in [-0.39, 0.29) is 17.7 Å². The Balaban J connectivity index is 1.37. The van der Waals surface area contributed by atoms with Crippen molar-refractivity contribution in [3.05, 3.63) is 70.5 Å². The Morgan fingerprint density at radius 1 is 1.12 bits per heavy atom. The first-order chi connectivity index (χ1) is 15.6. The molecule has 1 atom stereocenters. The summed E-state index contributed by atoms with van der Waals surface area (Å²) in [6.45, 7) is 3.52. The molecule has 2 aromatic carbocycles. The molecule has 10 heteroatoms. The van der Waals surface area contributed by atoms with Gasteiger partial charge in [0.05, 0.1) is 30.7 Å². The van der Waals surface area contributed by atoms with Crippen molar-refractivity contribution in [2.45, 2.75) is 11.2 Å². The van der Waals surface area contributed by atoms with Gasteiger partial charge in [-0.1, -0.05) is 53.2 Å². The highest BCUT2D eigenvalue weighted by atomic mass is 35.5. The summed E-state index contributed by atoms with van der Waals surface area (Å²) in [4.78, 5) is 15.0. The van der Waals surface area contributed by atoms with Gasteiger partial charge in [-0.25, -0.2) is 0 Å². The second-order valence-electron chi connectivity index (χ2n) is 7.27. The topological polar surface area (TPSA) is 72.3 Å². The molecule has 0 aliphatic carbocycles. The predicted molar refractivity (Wildman–Crippen MR) is 127 cm³/mol. The Kier molecular flexibility index (Phi) is 8.05. The highest BCUT2D eigenvalue weighted by Gasteiger charge is 2.23. The van der Waals surface area contributed by atoms with Crippen LogP contribution in [0.4, 0.5) is 0 Å². The molecule has 0 radical (unpaired) electrons. The molecule has 7 nitrogen and oxygen atoms in total. The van der Waals surface area contributed by atoms with Crippen LogP contribution in [0.2, 0.25) is 10.0 Å². The SMILES string of the molecule is O=C(CSc1nncn1-c1cccc(Cl)c1)NCC(c1ccc(Cl)cc1)N1CCOCC1. The molecule has 3 aromatic rings. The van der Waals surface area contributed by atoms with Crippen LogP contribution in [0.25, 0.3) is 5.69 Å². The standard InChI is InChI=1S/C22H23Cl2N5O2S/c23-17-6-4-16(5-7-17)20(28-8-10-31-11-9-28)13-25-21(30)14-32-22-27-26-15-29(22)19-3-1-2-18(24)12-19/h1-7,12,15,20H,8-11,13-14H2,(H,25,30). The summed E-state index contributed by atoms with van der Waals surface area (Å²) in [6, 6.07) is 15.2. The van der Waals surface area contributed by atoms with Crippen LogP contribution in [0.15, 0.2) is 60.0 Å². The number of rotatable bonds is 8. The number of benzene rings is 2. The monoisotopic (exact) mass is 491 g/mol. The quantitative estimate of drug-likeness (QED) is 0.482. The van der Waals surface area contributed by atoms with Crippen LogP contribution in [-0.4, -0.2) is 64.2 Å². The molecule has 1 amide bonds. The number of aromatic nitrogens is 3. The maximum absolute atomic E-state index is 12.6. The van der Waals surface area contributed by atoms with Gasteiger partial charge in [0.25, 0.3) is 0 Å². The lowest BCUT2D eigenvalue weighted by Crippen LogP contribution is -2.44. The molecule has 4 rings (SSSR count). The minimum atomic E-state index is -0.0668. The molecule has 1 aliphatic rings. The molecule has 0 saturated carbocycles. The number of hydrogen-bond acceptors (Lipinski definition) is 6. The third kappa shape index (κ3) is 6.02. The van der Waals surface area contributed by atoms with Crippen molar-refractivity contribution < 1.29 is 9.53 Å². The summed E-state index contributed by atoms with van der Waals surface area (Å²) in [6.07, 6.45) is 1.61. The van der Waals surface area contributed by atoms with Crippen molar-refractivity contribution in [2.75, 3.05) is 38.6 Å². The number of halogens is 2. The van der Waals surface area contributed by atoms with E-state index >= 15 is 0 Å². The Labute approximate surface area is 201 Å². The Morgan fingerprint density at radius 2 is 1.91 bits per heavy atom. The minimum Gasteiger partial charge on any atom is -0.379 e. The van der Waals surface area contributed by atoms with E-state index in [0.717, 1.165) is 24.3 Å². The third-order valence-corrected chi connectivity index (χ3v) is 6.60. The number of thioether (sulfide) groups is 1. The van der Waals surface area contributed by atoms with Gasteiger partial charge in [0.1, 0.15) is 6.33 Å². The number of hydrogen-bond donors (Lipinski definition) is 1. The second kappa shape index (κ2) is 11.2. The number of nitrogens with zero attached hydrogens (tertiary/aromatic N) is 4. The van der Waals surface area contributed by atoms with E-state index in [4.69, 9.17) is 27.9 Å². The van der Waals surface area contributed by atoms with Gasteiger partial charge in [-0.15, -0.1) is 10.2 Å². The zero-order chi connectivity index (χ0) is 22.3. The van der Waals surface area contributed by atoms with Crippen LogP contribution in [0.1, 0.15) is 11.6 Å². The van der Waals surface area contributed by atoms with E-state index in [1.165, 1.54) is 11.8 Å². The van der Waals surface area contributed by atoms with Crippen LogP contribution in [0.3, 0.4) is 0 Å². The Morgan fingerprint density at radius 3 is 2.66 bits per heavy atom. The van der Waals surface area contributed by atoms with Gasteiger partial charge in [-0.2, -0.15) is 0 Å². The zero-order valence-corrected chi connectivity index (χ0v) is 19.6. The largest absolute Gasteiger partial charge is 0.379 e. The molecule has 32 heavy (non-hydrogen) atoms. The maximum atomic E-state index is 12.6. The lowest BCUT2D eigenvalue weighted by Gasteiger charge is -2.35. The van der Waals surface area contributed by atoms with Crippen LogP contribution >= 0.6 is 35.0 Å². The highest BCUT2D eigenvalue weighted by molar-refractivity contribution is 7.99. The van der Waals surface area contributed by atoms with E-state index in [1.54, 1.807) is 12.4 Å². The van der Waals surface area contributed by atoms with Gasteiger partial charge in [0.15, 0.2) is 5.16 Å². The average Bonchev–Trinajstić information content (AvgIpc) is 3.28. The molecular formula is C22H23Cl2N5O2S. The minimum absolute atomic E-state index is 0.0558. The molecule has 0 spiro atoms. The van der Waals surface area contributed by atoms with Crippen molar-refractivity contribution in [1.29, 1.82) is 0 Å². The number of morpholine rings is 1. The number of nitrogens with one attached hydrogen (secondary N) is 1. The van der Waals surface area contributed by atoms with Gasteiger partial charge in [0, 0.05) is 29.7 Å². The fraction of sp³-hybridized carbons (Fsp3) is 0.318. The van der Waals surface area contributed by atoms with E-state index in [9.17, 15) is 4.79 Å². The number of carbonyl (C=O) groups excluding carboxylic acids is 1. The van der Waals surface area contributed by atoms with E-state index < -0.39 is 0 Å². The molecule has 2 heterocycles. The fourth-order valence-corrected chi connectivity index (χ4v) is 4.62. The van der Waals surface area contributed by atoms with Crippen molar-refractivity contribution in [1.82, 2.24) is 25.0 Å². The van der Waals surface area contributed by atoms with Gasteiger partial charge in [-0.05, 0) is 35.9 Å². The molecule has 1 saturated heterocycles. The van der Waals surface area contributed by atoms with Crippen LogP contribution in [0, 0.1) is 0 Å². The molecule has 1 N–H and O–H groups in total. The van der Waals surface area contributed by atoms with Crippen molar-refractivity contribution >= 4 is 40.9 Å². The molecule has 1 aliphatic heterocycles. The molecular weight excluding hydrogens is 469 g/mol. The summed E-state index contributed by atoms with van der Waals surface area (Å²) in [5.41, 5.74) is 1.96. The first kappa shape index (κ1) is 23.1. The molecule has 1 aromatic heterocycles. The third-order valence-electron chi connectivity index (χ3n) is 5.17. The van der Waals surface area contributed by atoms with Crippen molar-refractivity contribution in [3.8, 4) is 5.69 Å². The summed E-state index contributed by atoms with van der Waals surface area (Å²) in [5, 5.41) is 13.1. The lowest BCUT2D eigenvalue weighted by molar-refractivity contribution is -0.118. The van der Waals surface area contributed by atoms with E-state index in [0.29, 0.717) is 35.0 Å². The number of ether oxygens (including phenoxy) is 1. The second-order valence-corrected chi connectivity index (χ2v) is 9.09. The van der Waals surface area contributed by atoms with Crippen LogP contribution < -0.4 is 5.32 Å². The summed E-state index contributed by atoms with van der Waals surface area (Å²) < 4.78 is 7.30. The van der Waals surface area contributed by atoms with Gasteiger partial charge in [0.2, 0.25) is 5.91 Å².